The Kier molecular flexibility index (Phi) is 2.20. The molecule has 0 unspecified atom stereocenters. The van der Waals surface area contributed by atoms with Gasteiger partial charge >= 0.3 is 0 Å². The van der Waals surface area contributed by atoms with Crippen molar-refractivity contribution in [2.75, 3.05) is 0 Å². The zero-order valence-corrected chi connectivity index (χ0v) is 12.4. The summed E-state index contributed by atoms with van der Waals surface area (Å²) in [6.45, 7) is 19.1. The lowest BCUT2D eigenvalue weighted by Crippen LogP contribution is -2.38. The van der Waals surface area contributed by atoms with Crippen molar-refractivity contribution in [1.29, 1.82) is 0 Å². The Morgan fingerprint density at radius 1 is 0.692 bits per heavy atom. The SMILES string of the molecule is CC1(C)C(C)(C)[Si](C)(C)O[Si]1(C)C. The average Bonchev–Trinajstić information content (AvgIpc) is 1.88. The molecule has 78 valence electrons. The monoisotopic (exact) mass is 216 g/mol. The summed E-state index contributed by atoms with van der Waals surface area (Å²) in [6.07, 6.45) is 0. The van der Waals surface area contributed by atoms with E-state index in [0.29, 0.717) is 10.1 Å². The first-order valence-corrected chi connectivity index (χ1v) is 11.0. The molecule has 3 heteroatoms. The summed E-state index contributed by atoms with van der Waals surface area (Å²) >= 11 is 0. The second-order valence-electron chi connectivity index (χ2n) is 6.37. The van der Waals surface area contributed by atoms with E-state index in [2.05, 4.69) is 53.9 Å². The van der Waals surface area contributed by atoms with Gasteiger partial charge in [-0.2, -0.15) is 0 Å². The van der Waals surface area contributed by atoms with E-state index in [0.717, 1.165) is 0 Å². The number of rotatable bonds is 0. The smallest absolute Gasteiger partial charge is 0.179 e. The molecule has 0 N–H and O–H groups in total. The quantitative estimate of drug-likeness (QED) is 0.556. The third kappa shape index (κ3) is 1.20. The number of hydrogen-bond donors (Lipinski definition) is 0. The maximum absolute atomic E-state index is 6.44. The van der Waals surface area contributed by atoms with Crippen LogP contribution in [0.15, 0.2) is 0 Å². The normalized spacial score (nSPS) is 33.2. The molecule has 1 rings (SSSR count). The molecule has 1 heterocycles. The van der Waals surface area contributed by atoms with Gasteiger partial charge < -0.3 is 4.12 Å². The van der Waals surface area contributed by atoms with Gasteiger partial charge in [-0.25, -0.2) is 0 Å². The second kappa shape index (κ2) is 2.50. The van der Waals surface area contributed by atoms with E-state index in [4.69, 9.17) is 4.12 Å². The first kappa shape index (κ1) is 11.5. The first-order chi connectivity index (χ1) is 5.46. The summed E-state index contributed by atoms with van der Waals surface area (Å²) in [5.41, 5.74) is 0. The van der Waals surface area contributed by atoms with Crippen LogP contribution in [0, 0.1) is 0 Å². The molecule has 0 aliphatic carbocycles. The predicted molar refractivity (Wildman–Crippen MR) is 64.1 cm³/mol. The van der Waals surface area contributed by atoms with E-state index >= 15 is 0 Å². The zero-order chi connectivity index (χ0) is 10.7. The molecule has 1 nitrogen and oxygen atoms in total. The Morgan fingerprint density at radius 2 is 0.923 bits per heavy atom. The number of hydrogen-bond acceptors (Lipinski definition) is 1. The van der Waals surface area contributed by atoms with Crippen LogP contribution in [0.25, 0.3) is 0 Å². The van der Waals surface area contributed by atoms with Gasteiger partial charge in [0.25, 0.3) is 0 Å². The molecular formula is C10H24OSi2. The largest absolute Gasteiger partial charge is 0.455 e. The molecule has 1 fully saturated rings. The van der Waals surface area contributed by atoms with Crippen LogP contribution in [0.1, 0.15) is 27.7 Å². The Bertz CT molecular complexity index is 205. The molecule has 0 aromatic rings. The van der Waals surface area contributed by atoms with Gasteiger partial charge in [0, 0.05) is 0 Å². The summed E-state index contributed by atoms with van der Waals surface area (Å²) in [4.78, 5) is 0. The Labute approximate surface area is 85.1 Å². The van der Waals surface area contributed by atoms with Crippen LogP contribution in [0.4, 0.5) is 0 Å². The van der Waals surface area contributed by atoms with Gasteiger partial charge in [0.05, 0.1) is 0 Å². The van der Waals surface area contributed by atoms with Crippen LogP contribution in [-0.2, 0) is 4.12 Å². The topological polar surface area (TPSA) is 9.23 Å². The van der Waals surface area contributed by atoms with Crippen molar-refractivity contribution in [2.45, 2.75) is 64.0 Å². The second-order valence-corrected chi connectivity index (χ2v) is 15.7. The van der Waals surface area contributed by atoms with Crippen LogP contribution < -0.4 is 0 Å². The van der Waals surface area contributed by atoms with E-state index in [1.54, 1.807) is 0 Å². The maximum Gasteiger partial charge on any atom is 0.179 e. The lowest BCUT2D eigenvalue weighted by molar-refractivity contribution is 0.478. The molecule has 0 spiro atoms. The van der Waals surface area contributed by atoms with Crippen molar-refractivity contribution in [1.82, 2.24) is 0 Å². The molecule has 13 heavy (non-hydrogen) atoms. The molecular weight excluding hydrogens is 192 g/mol. The highest BCUT2D eigenvalue weighted by Gasteiger charge is 2.66. The predicted octanol–water partition coefficient (Wildman–Crippen LogP) is 3.99. The van der Waals surface area contributed by atoms with Gasteiger partial charge in [0.2, 0.25) is 0 Å². The molecule has 1 saturated heterocycles. The average molecular weight is 216 g/mol. The lowest BCUT2D eigenvalue weighted by Gasteiger charge is -2.42. The Balaban J connectivity index is 3.24. The fourth-order valence-corrected chi connectivity index (χ4v) is 14.4. The van der Waals surface area contributed by atoms with E-state index in [1.165, 1.54) is 0 Å². The minimum absolute atomic E-state index is 0.399. The Hall–Kier alpha value is 0.394. The first-order valence-electron chi connectivity index (χ1n) is 5.16. The van der Waals surface area contributed by atoms with Crippen molar-refractivity contribution >= 4 is 16.6 Å². The van der Waals surface area contributed by atoms with Crippen LogP contribution in [0.3, 0.4) is 0 Å². The van der Waals surface area contributed by atoms with E-state index in [1.807, 2.05) is 0 Å². The van der Waals surface area contributed by atoms with Crippen LogP contribution in [-0.4, -0.2) is 16.6 Å². The molecule has 0 saturated carbocycles. The summed E-state index contributed by atoms with van der Waals surface area (Å²) < 4.78 is 6.44. The lowest BCUT2D eigenvalue weighted by atomic mass is 9.97. The van der Waals surface area contributed by atoms with E-state index in [9.17, 15) is 0 Å². The Morgan fingerprint density at radius 3 is 1.00 bits per heavy atom. The van der Waals surface area contributed by atoms with Crippen molar-refractivity contribution < 1.29 is 4.12 Å². The van der Waals surface area contributed by atoms with Crippen molar-refractivity contribution in [3.63, 3.8) is 0 Å². The fraction of sp³-hybridized carbons (Fsp3) is 1.00. The highest BCUT2D eigenvalue weighted by Crippen LogP contribution is 2.68. The third-order valence-electron chi connectivity index (χ3n) is 5.08. The molecule has 0 aromatic carbocycles. The van der Waals surface area contributed by atoms with E-state index < -0.39 is 16.6 Å². The standard InChI is InChI=1S/C10H24OSi2/c1-9(2)10(3,4)13(7,8)11-12(9,5)6/h1-8H3. The van der Waals surface area contributed by atoms with Gasteiger partial charge in [-0.15, -0.1) is 0 Å². The van der Waals surface area contributed by atoms with Gasteiger partial charge in [-0.3, -0.25) is 0 Å². The molecule has 0 radical (unpaired) electrons. The van der Waals surface area contributed by atoms with Crippen LogP contribution in [0.2, 0.25) is 36.3 Å². The molecule has 1 aliphatic heterocycles. The van der Waals surface area contributed by atoms with Crippen LogP contribution in [0.5, 0.6) is 0 Å². The summed E-state index contributed by atoms with van der Waals surface area (Å²) in [7, 11) is -2.95. The third-order valence-corrected chi connectivity index (χ3v) is 16.7. The highest BCUT2D eigenvalue weighted by atomic mass is 28.4. The summed E-state index contributed by atoms with van der Waals surface area (Å²) in [6, 6.07) is 0. The molecule has 0 atom stereocenters. The summed E-state index contributed by atoms with van der Waals surface area (Å²) in [5.74, 6) is 0. The zero-order valence-electron chi connectivity index (χ0n) is 10.4. The minimum Gasteiger partial charge on any atom is -0.455 e. The molecule has 0 amide bonds. The van der Waals surface area contributed by atoms with Crippen molar-refractivity contribution in [3.05, 3.63) is 0 Å². The minimum atomic E-state index is -1.48. The summed E-state index contributed by atoms with van der Waals surface area (Å²) in [5, 5.41) is 0.797. The highest BCUT2D eigenvalue weighted by molar-refractivity contribution is 6.93. The van der Waals surface area contributed by atoms with Gasteiger partial charge in [0.1, 0.15) is 0 Å². The van der Waals surface area contributed by atoms with Crippen molar-refractivity contribution in [3.8, 4) is 0 Å². The maximum atomic E-state index is 6.44. The molecule has 0 aromatic heterocycles. The van der Waals surface area contributed by atoms with Gasteiger partial charge in [0.15, 0.2) is 16.6 Å². The molecule has 0 bridgehead atoms. The van der Waals surface area contributed by atoms with Crippen LogP contribution >= 0.6 is 0 Å². The van der Waals surface area contributed by atoms with E-state index in [-0.39, 0.29) is 0 Å². The van der Waals surface area contributed by atoms with Gasteiger partial charge in [-0.1, -0.05) is 27.7 Å². The van der Waals surface area contributed by atoms with Gasteiger partial charge in [-0.05, 0) is 36.3 Å². The van der Waals surface area contributed by atoms with Crippen molar-refractivity contribution in [2.24, 2.45) is 0 Å². The fourth-order valence-electron chi connectivity index (χ4n) is 2.40. The molecule has 1 aliphatic rings.